The maximum atomic E-state index is 10.3. The van der Waals surface area contributed by atoms with Gasteiger partial charge in [-0.2, -0.15) is 0 Å². The predicted molar refractivity (Wildman–Crippen MR) is 92.9 cm³/mol. The summed E-state index contributed by atoms with van der Waals surface area (Å²) in [6.07, 6.45) is 20.2. The van der Waals surface area contributed by atoms with Crippen molar-refractivity contribution in [3.8, 4) is 0 Å². The van der Waals surface area contributed by atoms with Crippen molar-refractivity contribution >= 4 is 64.2 Å². The summed E-state index contributed by atoms with van der Waals surface area (Å²) < 4.78 is 0. The number of aliphatic carboxylic acids is 1. The minimum absolute atomic E-state index is 0. The molecule has 0 aliphatic heterocycles. The summed E-state index contributed by atoms with van der Waals surface area (Å²) in [4.78, 5) is 10.3. The first-order chi connectivity index (χ1) is 9.77. The van der Waals surface area contributed by atoms with E-state index in [0.717, 1.165) is 12.8 Å². The molecule has 0 rings (SSSR count). The van der Waals surface area contributed by atoms with Gasteiger partial charge in [-0.3, -0.25) is 4.79 Å². The molecule has 0 saturated heterocycles. The first-order valence-corrected chi connectivity index (χ1v) is 8.99. The minimum Gasteiger partial charge on any atom is -0.481 e. The van der Waals surface area contributed by atoms with Gasteiger partial charge in [0.25, 0.3) is 0 Å². The third-order valence-electron chi connectivity index (χ3n) is 3.99. The standard InChI is InChI=1S/C18H36O2.Rb/c1-2-3-4-5-6-7-8-9-10-11-12-13-14-15-16-17-18(19)20;/h2-17H2,1H3,(H,19,20);. The summed E-state index contributed by atoms with van der Waals surface area (Å²) in [5, 5.41) is 8.52. The molecule has 0 amide bonds. The normalized spacial score (nSPS) is 10.3. The van der Waals surface area contributed by atoms with Crippen LogP contribution in [0.1, 0.15) is 110 Å². The summed E-state index contributed by atoms with van der Waals surface area (Å²) >= 11 is 0. The van der Waals surface area contributed by atoms with Crippen LogP contribution < -0.4 is 0 Å². The Bertz CT molecular complexity index is 207. The van der Waals surface area contributed by atoms with Crippen molar-refractivity contribution in [2.24, 2.45) is 0 Å². The van der Waals surface area contributed by atoms with Crippen molar-refractivity contribution in [3.05, 3.63) is 0 Å². The van der Waals surface area contributed by atoms with Crippen LogP contribution in [0.15, 0.2) is 0 Å². The molecule has 0 aromatic heterocycles. The Morgan fingerprint density at radius 2 is 0.905 bits per heavy atom. The van der Waals surface area contributed by atoms with E-state index in [2.05, 4.69) is 6.92 Å². The fourth-order valence-electron chi connectivity index (χ4n) is 2.65. The fraction of sp³-hybridized carbons (Fsp3) is 0.944. The van der Waals surface area contributed by atoms with Gasteiger partial charge in [-0.15, -0.1) is 0 Å². The van der Waals surface area contributed by atoms with Gasteiger partial charge in [-0.25, -0.2) is 0 Å². The van der Waals surface area contributed by atoms with Crippen LogP contribution in [0.5, 0.6) is 0 Å². The molecule has 0 aliphatic carbocycles. The summed E-state index contributed by atoms with van der Waals surface area (Å²) in [6, 6.07) is 0. The van der Waals surface area contributed by atoms with Crippen molar-refractivity contribution < 1.29 is 9.90 Å². The van der Waals surface area contributed by atoms with Crippen molar-refractivity contribution in [2.75, 3.05) is 0 Å². The molecule has 0 spiro atoms. The van der Waals surface area contributed by atoms with Crippen LogP contribution in [0.3, 0.4) is 0 Å². The Labute approximate surface area is 181 Å². The maximum absolute atomic E-state index is 10.3. The number of unbranched alkanes of at least 4 members (excludes halogenated alkanes) is 14. The minimum atomic E-state index is -0.653. The molecular weight excluding hydrogens is 334 g/mol. The number of hydrogen-bond acceptors (Lipinski definition) is 1. The van der Waals surface area contributed by atoms with Gasteiger partial charge < -0.3 is 5.11 Å². The Hall–Kier alpha value is 1.28. The molecule has 0 atom stereocenters. The Balaban J connectivity index is 0. The summed E-state index contributed by atoms with van der Waals surface area (Å²) in [7, 11) is 0. The van der Waals surface area contributed by atoms with Gasteiger partial charge >= 0.3 is 5.97 Å². The van der Waals surface area contributed by atoms with Crippen LogP contribution in [0, 0.1) is 0 Å². The van der Waals surface area contributed by atoms with E-state index in [1.54, 1.807) is 0 Å². The van der Waals surface area contributed by atoms with Gasteiger partial charge in [-0.05, 0) is 6.42 Å². The van der Waals surface area contributed by atoms with Gasteiger partial charge in [0.05, 0.1) is 0 Å². The van der Waals surface area contributed by atoms with Crippen LogP contribution in [-0.4, -0.2) is 69.3 Å². The average molecular weight is 370 g/mol. The zero-order valence-electron chi connectivity index (χ0n) is 14.7. The van der Waals surface area contributed by atoms with Crippen LogP contribution in [0.25, 0.3) is 0 Å². The molecule has 121 valence electrons. The first kappa shape index (κ1) is 24.5. The summed E-state index contributed by atoms with van der Waals surface area (Å²) in [5.74, 6) is -0.653. The second-order valence-corrected chi connectivity index (χ2v) is 6.09. The third kappa shape index (κ3) is 23.7. The van der Waals surface area contributed by atoms with Gasteiger partial charge in [0.1, 0.15) is 0 Å². The quantitative estimate of drug-likeness (QED) is 0.341. The molecular formula is C18H36O2Rb. The molecule has 1 N–H and O–H groups in total. The molecule has 0 bridgehead atoms. The zero-order chi connectivity index (χ0) is 14.9. The first-order valence-electron chi connectivity index (χ1n) is 8.99. The van der Waals surface area contributed by atoms with Gasteiger partial charge in [0.15, 0.2) is 0 Å². The average Bonchev–Trinajstić information content (AvgIpc) is 2.43. The number of carboxylic acids is 1. The summed E-state index contributed by atoms with van der Waals surface area (Å²) in [6.45, 7) is 2.27. The van der Waals surface area contributed by atoms with Crippen LogP contribution in [0.4, 0.5) is 0 Å². The van der Waals surface area contributed by atoms with E-state index in [-0.39, 0.29) is 58.2 Å². The topological polar surface area (TPSA) is 37.3 Å². The van der Waals surface area contributed by atoms with Crippen molar-refractivity contribution in [1.82, 2.24) is 0 Å². The van der Waals surface area contributed by atoms with E-state index in [1.165, 1.54) is 83.5 Å². The molecule has 0 saturated carbocycles. The zero-order valence-corrected chi connectivity index (χ0v) is 19.6. The van der Waals surface area contributed by atoms with Crippen LogP contribution in [-0.2, 0) is 4.79 Å². The number of rotatable bonds is 16. The maximum Gasteiger partial charge on any atom is 0.303 e. The Morgan fingerprint density at radius 3 is 1.19 bits per heavy atom. The molecule has 21 heavy (non-hydrogen) atoms. The number of carboxylic acid groups (broad SMARTS) is 1. The van der Waals surface area contributed by atoms with Crippen LogP contribution in [0.2, 0.25) is 0 Å². The molecule has 0 unspecified atom stereocenters. The smallest absolute Gasteiger partial charge is 0.303 e. The van der Waals surface area contributed by atoms with E-state index in [4.69, 9.17) is 5.11 Å². The SMILES string of the molecule is CCCCCCCCCCCCCCCCCC(=O)O.[Rb]. The summed E-state index contributed by atoms with van der Waals surface area (Å²) in [5.41, 5.74) is 0. The van der Waals surface area contributed by atoms with Gasteiger partial charge in [0.2, 0.25) is 0 Å². The number of carbonyl (C=O) groups is 1. The van der Waals surface area contributed by atoms with Crippen molar-refractivity contribution in [1.29, 1.82) is 0 Å². The third-order valence-corrected chi connectivity index (χ3v) is 3.99. The van der Waals surface area contributed by atoms with E-state index in [1.807, 2.05) is 0 Å². The van der Waals surface area contributed by atoms with E-state index in [0.29, 0.717) is 6.42 Å². The Morgan fingerprint density at radius 1 is 0.619 bits per heavy atom. The van der Waals surface area contributed by atoms with Gasteiger partial charge in [-0.1, -0.05) is 96.8 Å². The Kier molecular flexibility index (Phi) is 24.8. The van der Waals surface area contributed by atoms with E-state index >= 15 is 0 Å². The van der Waals surface area contributed by atoms with Crippen molar-refractivity contribution in [3.63, 3.8) is 0 Å². The molecule has 0 fully saturated rings. The molecule has 0 aliphatic rings. The van der Waals surface area contributed by atoms with Crippen molar-refractivity contribution in [2.45, 2.75) is 110 Å². The van der Waals surface area contributed by atoms with E-state index in [9.17, 15) is 4.79 Å². The van der Waals surface area contributed by atoms with Gasteiger partial charge in [0, 0.05) is 64.6 Å². The molecule has 0 aromatic rings. The number of hydrogen-bond donors (Lipinski definition) is 1. The molecule has 3 heteroatoms. The molecule has 2 nitrogen and oxygen atoms in total. The molecule has 1 radical (unpaired) electrons. The second kappa shape index (κ2) is 21.3. The predicted octanol–water partition coefficient (Wildman–Crippen LogP) is 5.95. The van der Waals surface area contributed by atoms with E-state index < -0.39 is 5.97 Å². The largest absolute Gasteiger partial charge is 0.481 e. The molecule has 0 aromatic carbocycles. The fourth-order valence-corrected chi connectivity index (χ4v) is 2.65. The molecule has 0 heterocycles. The second-order valence-electron chi connectivity index (χ2n) is 6.09. The van der Waals surface area contributed by atoms with Crippen LogP contribution >= 0.6 is 0 Å². The monoisotopic (exact) mass is 369 g/mol.